The van der Waals surface area contributed by atoms with Gasteiger partial charge in [-0.1, -0.05) is 34.8 Å². The zero-order valence-corrected chi connectivity index (χ0v) is 7.58. The lowest BCUT2D eigenvalue weighted by molar-refractivity contribution is 1.16. The summed E-state index contributed by atoms with van der Waals surface area (Å²) < 4.78 is 3.82. The molecule has 1 aromatic carbocycles. The van der Waals surface area contributed by atoms with Crippen molar-refractivity contribution >= 4 is 16.5 Å². The minimum Gasteiger partial charge on any atom is -0.312 e. The molecule has 4 nitrogen and oxygen atoms in total. The number of anilines is 1. The van der Waals surface area contributed by atoms with Gasteiger partial charge in [0.2, 0.25) is 0 Å². The Labute approximate surface area is 79.5 Å². The van der Waals surface area contributed by atoms with Crippen molar-refractivity contribution in [1.29, 1.82) is 0 Å². The van der Waals surface area contributed by atoms with Crippen molar-refractivity contribution in [3.63, 3.8) is 0 Å². The third-order valence-corrected chi connectivity index (χ3v) is 2.32. The van der Waals surface area contributed by atoms with E-state index in [9.17, 15) is 0 Å². The maximum absolute atomic E-state index is 5.31. The van der Waals surface area contributed by atoms with Crippen LogP contribution in [0.3, 0.4) is 0 Å². The molecule has 0 spiro atoms. The van der Waals surface area contributed by atoms with E-state index >= 15 is 0 Å². The summed E-state index contributed by atoms with van der Waals surface area (Å²) in [4.78, 5) is 0. The molecule has 0 aliphatic rings. The fourth-order valence-corrected chi connectivity index (χ4v) is 1.57. The van der Waals surface area contributed by atoms with Crippen molar-refractivity contribution in [1.82, 2.24) is 9.59 Å². The van der Waals surface area contributed by atoms with Crippen LogP contribution < -0.4 is 11.3 Å². The fraction of sp³-hybridized carbons (Fsp3) is 0. The van der Waals surface area contributed by atoms with E-state index < -0.39 is 0 Å². The highest BCUT2D eigenvalue weighted by atomic mass is 32.1. The van der Waals surface area contributed by atoms with E-state index in [-0.39, 0.29) is 0 Å². The van der Waals surface area contributed by atoms with Gasteiger partial charge in [0.05, 0.1) is 0 Å². The highest BCUT2D eigenvalue weighted by Gasteiger charge is 2.07. The number of hydrogen-bond donors (Lipinski definition) is 2. The van der Waals surface area contributed by atoms with Crippen molar-refractivity contribution in [3.8, 4) is 11.3 Å². The smallest absolute Gasteiger partial charge is 0.152 e. The molecule has 13 heavy (non-hydrogen) atoms. The maximum Gasteiger partial charge on any atom is 0.152 e. The first-order chi connectivity index (χ1) is 6.42. The van der Waals surface area contributed by atoms with Crippen molar-refractivity contribution in [2.24, 2.45) is 5.84 Å². The molecule has 0 bridgehead atoms. The van der Waals surface area contributed by atoms with Crippen LogP contribution in [0.4, 0.5) is 5.00 Å². The predicted molar refractivity (Wildman–Crippen MR) is 53.2 cm³/mol. The largest absolute Gasteiger partial charge is 0.312 e. The highest BCUT2D eigenvalue weighted by molar-refractivity contribution is 7.10. The molecule has 2 aromatic rings. The van der Waals surface area contributed by atoms with Gasteiger partial charge in [-0.05, 0) is 0 Å². The van der Waals surface area contributed by atoms with Gasteiger partial charge < -0.3 is 5.43 Å². The van der Waals surface area contributed by atoms with Crippen LogP contribution in [0.5, 0.6) is 0 Å². The second kappa shape index (κ2) is 3.51. The lowest BCUT2D eigenvalue weighted by Gasteiger charge is -1.98. The molecule has 0 saturated heterocycles. The Hall–Kier alpha value is -1.46. The number of nitrogen functional groups attached to an aromatic ring is 1. The quantitative estimate of drug-likeness (QED) is 0.559. The van der Waals surface area contributed by atoms with Crippen LogP contribution in [-0.2, 0) is 0 Å². The van der Waals surface area contributed by atoms with Crippen LogP contribution in [0, 0.1) is 0 Å². The predicted octanol–water partition coefficient (Wildman–Crippen LogP) is 1.49. The number of hydrogen-bond acceptors (Lipinski definition) is 5. The Morgan fingerprint density at radius 2 is 2.00 bits per heavy atom. The van der Waals surface area contributed by atoms with Gasteiger partial charge in [-0.3, -0.25) is 0 Å². The summed E-state index contributed by atoms with van der Waals surface area (Å²) >= 11 is 1.25. The number of benzene rings is 1. The van der Waals surface area contributed by atoms with Gasteiger partial charge in [0.1, 0.15) is 5.69 Å². The molecule has 0 fully saturated rings. The van der Waals surface area contributed by atoms with Gasteiger partial charge >= 0.3 is 0 Å². The Balaban J connectivity index is 2.47. The molecule has 66 valence electrons. The van der Waals surface area contributed by atoms with Crippen LogP contribution >= 0.6 is 11.5 Å². The number of rotatable bonds is 2. The van der Waals surface area contributed by atoms with E-state index in [0.29, 0.717) is 0 Å². The molecule has 5 heteroatoms. The minimum atomic E-state index is 0.784. The normalized spacial score (nSPS) is 9.92. The lowest BCUT2D eigenvalue weighted by atomic mass is 10.2. The monoisotopic (exact) mass is 192 g/mol. The standard InChI is InChI=1S/C8H8N4S/c9-10-8-7(11-12-13-8)6-4-2-1-3-5-6/h1-5,10H,9H2. The van der Waals surface area contributed by atoms with Crippen molar-refractivity contribution in [2.45, 2.75) is 0 Å². The van der Waals surface area contributed by atoms with E-state index in [1.165, 1.54) is 11.5 Å². The van der Waals surface area contributed by atoms with Gasteiger partial charge in [-0.2, -0.15) is 0 Å². The van der Waals surface area contributed by atoms with Gasteiger partial charge in [-0.15, -0.1) is 5.10 Å². The van der Waals surface area contributed by atoms with Crippen LogP contribution in [0.1, 0.15) is 0 Å². The molecule has 2 rings (SSSR count). The molecule has 1 heterocycles. The van der Waals surface area contributed by atoms with Crippen LogP contribution in [0.2, 0.25) is 0 Å². The number of nitrogens with one attached hydrogen (secondary N) is 1. The minimum absolute atomic E-state index is 0.784. The number of hydrazine groups is 1. The Bertz CT molecular complexity index is 384. The zero-order valence-electron chi connectivity index (χ0n) is 6.77. The first-order valence-corrected chi connectivity index (χ1v) is 4.53. The summed E-state index contributed by atoms with van der Waals surface area (Å²) in [5.74, 6) is 5.31. The highest BCUT2D eigenvalue weighted by Crippen LogP contribution is 2.27. The first kappa shape index (κ1) is 8.15. The van der Waals surface area contributed by atoms with E-state index in [2.05, 4.69) is 15.0 Å². The molecule has 0 atom stereocenters. The number of nitrogens with zero attached hydrogens (tertiary/aromatic N) is 2. The average molecular weight is 192 g/mol. The lowest BCUT2D eigenvalue weighted by Crippen LogP contribution is -2.05. The number of aromatic nitrogens is 2. The first-order valence-electron chi connectivity index (χ1n) is 3.76. The molecule has 3 N–H and O–H groups in total. The molecule has 0 aliphatic heterocycles. The third-order valence-electron chi connectivity index (χ3n) is 1.67. The summed E-state index contributed by atoms with van der Waals surface area (Å²) in [5.41, 5.74) is 4.38. The second-order valence-electron chi connectivity index (χ2n) is 2.46. The Morgan fingerprint density at radius 1 is 1.23 bits per heavy atom. The van der Waals surface area contributed by atoms with Gasteiger partial charge in [0.15, 0.2) is 5.00 Å². The Kier molecular flexibility index (Phi) is 2.20. The molecule has 0 saturated carbocycles. The maximum atomic E-state index is 5.31. The van der Waals surface area contributed by atoms with Crippen molar-refractivity contribution in [2.75, 3.05) is 5.43 Å². The molecule has 0 aliphatic carbocycles. The summed E-state index contributed by atoms with van der Waals surface area (Å²) in [6, 6.07) is 9.80. The van der Waals surface area contributed by atoms with E-state index in [0.717, 1.165) is 16.3 Å². The molecule has 0 unspecified atom stereocenters. The summed E-state index contributed by atoms with van der Waals surface area (Å²) in [6.07, 6.45) is 0. The third kappa shape index (κ3) is 1.51. The van der Waals surface area contributed by atoms with Gasteiger partial charge in [-0.25, -0.2) is 5.84 Å². The average Bonchev–Trinajstić information content (AvgIpc) is 2.67. The molecular weight excluding hydrogens is 184 g/mol. The Morgan fingerprint density at radius 3 is 2.69 bits per heavy atom. The summed E-state index contributed by atoms with van der Waals surface area (Å²) in [6.45, 7) is 0. The van der Waals surface area contributed by atoms with Crippen LogP contribution in [0.15, 0.2) is 30.3 Å². The van der Waals surface area contributed by atoms with Crippen LogP contribution in [0.25, 0.3) is 11.3 Å². The van der Waals surface area contributed by atoms with Crippen molar-refractivity contribution in [3.05, 3.63) is 30.3 Å². The summed E-state index contributed by atoms with van der Waals surface area (Å²) in [7, 11) is 0. The molecule has 0 radical (unpaired) electrons. The van der Waals surface area contributed by atoms with E-state index in [1.54, 1.807) is 0 Å². The zero-order chi connectivity index (χ0) is 9.10. The van der Waals surface area contributed by atoms with Gasteiger partial charge in [0, 0.05) is 17.1 Å². The molecule has 0 amide bonds. The summed E-state index contributed by atoms with van der Waals surface area (Å²) in [5, 5.41) is 4.77. The number of nitrogens with two attached hydrogens (primary N) is 1. The topological polar surface area (TPSA) is 63.8 Å². The molecular formula is C8H8N4S. The fourth-order valence-electron chi connectivity index (χ4n) is 1.07. The molecule has 1 aromatic heterocycles. The van der Waals surface area contributed by atoms with E-state index in [4.69, 9.17) is 5.84 Å². The van der Waals surface area contributed by atoms with Gasteiger partial charge in [0.25, 0.3) is 0 Å². The van der Waals surface area contributed by atoms with Crippen molar-refractivity contribution < 1.29 is 0 Å². The second-order valence-corrected chi connectivity index (χ2v) is 3.22. The SMILES string of the molecule is NNc1snnc1-c1ccccc1. The van der Waals surface area contributed by atoms with Crippen LogP contribution in [-0.4, -0.2) is 9.59 Å². The van der Waals surface area contributed by atoms with E-state index in [1.807, 2.05) is 30.3 Å².